The largest absolute Gasteiger partial charge is 0.478 e. The van der Waals surface area contributed by atoms with Crippen LogP contribution in [0.1, 0.15) is 21.7 Å². The van der Waals surface area contributed by atoms with Crippen LogP contribution in [0.4, 0.5) is 5.69 Å². The number of rotatable bonds is 4. The van der Waals surface area contributed by atoms with Crippen molar-refractivity contribution in [2.75, 3.05) is 5.32 Å². The van der Waals surface area contributed by atoms with Crippen LogP contribution >= 0.6 is 22.6 Å². The fraction of sp³-hybridized carbons (Fsp3) is 0.154. The van der Waals surface area contributed by atoms with E-state index in [2.05, 4.69) is 27.9 Å². The minimum absolute atomic E-state index is 0.275. The van der Waals surface area contributed by atoms with Gasteiger partial charge in [-0.1, -0.05) is 6.07 Å². The van der Waals surface area contributed by atoms with Crippen molar-refractivity contribution < 1.29 is 14.3 Å². The molecule has 0 aliphatic heterocycles. The molecular formula is C13H12INO3. The van der Waals surface area contributed by atoms with Crippen molar-refractivity contribution >= 4 is 34.2 Å². The van der Waals surface area contributed by atoms with Crippen LogP contribution in [-0.2, 0) is 6.54 Å². The number of hydrogen-bond acceptors (Lipinski definition) is 3. The van der Waals surface area contributed by atoms with Crippen LogP contribution < -0.4 is 5.32 Å². The van der Waals surface area contributed by atoms with Gasteiger partial charge in [-0.3, -0.25) is 0 Å². The molecule has 4 nitrogen and oxygen atoms in total. The normalized spacial score (nSPS) is 10.3. The smallest absolute Gasteiger partial charge is 0.335 e. The molecule has 1 heterocycles. The van der Waals surface area contributed by atoms with E-state index in [4.69, 9.17) is 9.52 Å². The van der Waals surface area contributed by atoms with Gasteiger partial charge in [0.05, 0.1) is 12.1 Å². The van der Waals surface area contributed by atoms with Gasteiger partial charge < -0.3 is 14.8 Å². The maximum atomic E-state index is 10.9. The van der Waals surface area contributed by atoms with Gasteiger partial charge >= 0.3 is 5.97 Å². The minimum atomic E-state index is -0.925. The molecule has 18 heavy (non-hydrogen) atoms. The van der Waals surface area contributed by atoms with Crippen molar-refractivity contribution in [2.45, 2.75) is 13.5 Å². The third-order valence-corrected chi connectivity index (χ3v) is 3.15. The molecule has 2 N–H and O–H groups in total. The zero-order chi connectivity index (χ0) is 13.1. The molecule has 0 unspecified atom stereocenters. The highest BCUT2D eigenvalue weighted by molar-refractivity contribution is 14.1. The van der Waals surface area contributed by atoms with Crippen LogP contribution in [0.2, 0.25) is 0 Å². The van der Waals surface area contributed by atoms with E-state index in [0.29, 0.717) is 6.54 Å². The summed E-state index contributed by atoms with van der Waals surface area (Å²) in [5, 5.41) is 12.1. The molecule has 0 bridgehead atoms. The molecule has 0 atom stereocenters. The number of carbonyl (C=O) groups is 1. The molecule has 1 aromatic heterocycles. The Labute approximate surface area is 118 Å². The summed E-state index contributed by atoms with van der Waals surface area (Å²) in [5.41, 5.74) is 2.08. The van der Waals surface area contributed by atoms with Crippen LogP contribution in [0, 0.1) is 10.7 Å². The Kier molecular flexibility index (Phi) is 3.90. The third kappa shape index (κ3) is 3.04. The lowest BCUT2D eigenvalue weighted by Crippen LogP contribution is -2.03. The number of carboxylic acid groups (broad SMARTS) is 1. The summed E-state index contributed by atoms with van der Waals surface area (Å²) in [6.07, 6.45) is 0. The summed E-state index contributed by atoms with van der Waals surface area (Å²) in [4.78, 5) is 10.9. The van der Waals surface area contributed by atoms with Gasteiger partial charge in [0.25, 0.3) is 0 Å². The quantitative estimate of drug-likeness (QED) is 0.823. The molecule has 2 rings (SSSR count). The van der Waals surface area contributed by atoms with Crippen LogP contribution in [0.5, 0.6) is 0 Å². The fourth-order valence-corrected chi connectivity index (χ4v) is 2.04. The number of aromatic carboxylic acids is 1. The molecule has 2 aromatic rings. The van der Waals surface area contributed by atoms with Crippen molar-refractivity contribution in [2.24, 2.45) is 0 Å². The van der Waals surface area contributed by atoms with Gasteiger partial charge in [0.15, 0.2) is 3.77 Å². The zero-order valence-corrected chi connectivity index (χ0v) is 11.9. The Morgan fingerprint density at radius 2 is 2.17 bits per heavy atom. The maximum absolute atomic E-state index is 10.9. The van der Waals surface area contributed by atoms with Crippen LogP contribution in [0.3, 0.4) is 0 Å². The molecule has 0 fully saturated rings. The summed E-state index contributed by atoms with van der Waals surface area (Å²) in [7, 11) is 0. The highest BCUT2D eigenvalue weighted by atomic mass is 127. The lowest BCUT2D eigenvalue weighted by Gasteiger charge is -2.09. The van der Waals surface area contributed by atoms with E-state index in [1.165, 1.54) is 0 Å². The van der Waals surface area contributed by atoms with Crippen LogP contribution in [-0.4, -0.2) is 11.1 Å². The number of aryl methyl sites for hydroxylation is 1. The Hall–Kier alpha value is -1.50. The number of furan rings is 1. The van der Waals surface area contributed by atoms with Crippen LogP contribution in [0.15, 0.2) is 34.7 Å². The number of benzene rings is 1. The first-order valence-corrected chi connectivity index (χ1v) is 6.46. The Morgan fingerprint density at radius 1 is 1.39 bits per heavy atom. The molecule has 0 saturated carbocycles. The molecule has 1 aromatic carbocycles. The van der Waals surface area contributed by atoms with E-state index < -0.39 is 5.97 Å². The summed E-state index contributed by atoms with van der Waals surface area (Å²) >= 11 is 2.10. The van der Waals surface area contributed by atoms with Crippen molar-refractivity contribution in [3.05, 3.63) is 51.0 Å². The van der Waals surface area contributed by atoms with Gasteiger partial charge in [0.2, 0.25) is 0 Å². The first kappa shape index (κ1) is 12.9. The lowest BCUT2D eigenvalue weighted by atomic mass is 10.1. The third-order valence-electron chi connectivity index (χ3n) is 2.57. The van der Waals surface area contributed by atoms with E-state index in [0.717, 1.165) is 20.8 Å². The second kappa shape index (κ2) is 5.43. The average Bonchev–Trinajstić information content (AvgIpc) is 2.74. The van der Waals surface area contributed by atoms with E-state index in [9.17, 15) is 4.79 Å². The van der Waals surface area contributed by atoms with Crippen molar-refractivity contribution in [3.63, 3.8) is 0 Å². The maximum Gasteiger partial charge on any atom is 0.335 e. The molecule has 0 saturated heterocycles. The first-order chi connectivity index (χ1) is 8.56. The SMILES string of the molecule is Cc1ccc(C(=O)O)cc1NCc1ccc(I)o1. The molecule has 94 valence electrons. The summed E-state index contributed by atoms with van der Waals surface area (Å²) in [6.45, 7) is 2.47. The second-order valence-corrected chi connectivity index (χ2v) is 4.96. The van der Waals surface area contributed by atoms with E-state index in [1.54, 1.807) is 18.2 Å². The lowest BCUT2D eigenvalue weighted by molar-refractivity contribution is 0.0697. The molecule has 0 aliphatic carbocycles. The van der Waals surface area contributed by atoms with Crippen molar-refractivity contribution in [1.82, 2.24) is 0 Å². The predicted octanol–water partition coefficient (Wildman–Crippen LogP) is 3.50. The minimum Gasteiger partial charge on any atom is -0.478 e. The molecular weight excluding hydrogens is 345 g/mol. The van der Waals surface area contributed by atoms with Crippen molar-refractivity contribution in [1.29, 1.82) is 0 Å². The number of hydrogen-bond donors (Lipinski definition) is 2. The summed E-state index contributed by atoms with van der Waals surface area (Å²) in [5.74, 6) is -0.106. The molecule has 0 spiro atoms. The number of nitrogens with one attached hydrogen (secondary N) is 1. The molecule has 0 amide bonds. The highest BCUT2D eigenvalue weighted by Crippen LogP contribution is 2.19. The molecule has 0 aliphatic rings. The second-order valence-electron chi connectivity index (χ2n) is 3.89. The Balaban J connectivity index is 2.13. The summed E-state index contributed by atoms with van der Waals surface area (Å²) < 4.78 is 6.26. The van der Waals surface area contributed by atoms with Gasteiger partial charge in [-0.15, -0.1) is 0 Å². The first-order valence-electron chi connectivity index (χ1n) is 5.38. The topological polar surface area (TPSA) is 62.5 Å². The van der Waals surface area contributed by atoms with Gasteiger partial charge in [-0.25, -0.2) is 4.79 Å². The predicted molar refractivity (Wildman–Crippen MR) is 76.9 cm³/mol. The van der Waals surface area contributed by atoms with Gasteiger partial charge in [-0.2, -0.15) is 0 Å². The number of halogens is 1. The standard InChI is InChI=1S/C13H12INO3/c1-8-2-3-9(13(16)17)6-11(8)15-7-10-4-5-12(14)18-10/h2-6,15H,7H2,1H3,(H,16,17). The van der Waals surface area contributed by atoms with E-state index in [-0.39, 0.29) is 5.56 Å². The van der Waals surface area contributed by atoms with Gasteiger partial charge in [0.1, 0.15) is 5.76 Å². The number of carboxylic acids is 1. The summed E-state index contributed by atoms with van der Waals surface area (Å²) in [6, 6.07) is 8.80. The van der Waals surface area contributed by atoms with Crippen molar-refractivity contribution in [3.8, 4) is 0 Å². The zero-order valence-electron chi connectivity index (χ0n) is 9.74. The van der Waals surface area contributed by atoms with Crippen LogP contribution in [0.25, 0.3) is 0 Å². The van der Waals surface area contributed by atoms with E-state index in [1.807, 2.05) is 19.1 Å². The van der Waals surface area contributed by atoms with E-state index >= 15 is 0 Å². The number of anilines is 1. The van der Waals surface area contributed by atoms with Gasteiger partial charge in [-0.05, 0) is 59.3 Å². The molecule has 0 radical (unpaired) electrons. The Morgan fingerprint density at radius 3 is 2.78 bits per heavy atom. The Bertz CT molecular complexity index is 577. The monoisotopic (exact) mass is 357 g/mol. The highest BCUT2D eigenvalue weighted by Gasteiger charge is 2.06. The fourth-order valence-electron chi connectivity index (χ4n) is 1.57. The molecule has 5 heteroatoms. The average molecular weight is 357 g/mol. The van der Waals surface area contributed by atoms with Gasteiger partial charge in [0, 0.05) is 5.69 Å².